The van der Waals surface area contributed by atoms with Gasteiger partial charge in [0, 0.05) is 25.7 Å². The molecule has 1 aliphatic heterocycles. The van der Waals surface area contributed by atoms with Crippen molar-refractivity contribution in [3.05, 3.63) is 29.3 Å². The van der Waals surface area contributed by atoms with Gasteiger partial charge < -0.3 is 4.74 Å². The summed E-state index contributed by atoms with van der Waals surface area (Å²) in [5, 5.41) is 0. The van der Waals surface area contributed by atoms with Crippen molar-refractivity contribution in [2.75, 3.05) is 32.8 Å². The van der Waals surface area contributed by atoms with Crippen molar-refractivity contribution in [3.63, 3.8) is 0 Å². The molecule has 1 atom stereocenters. The minimum Gasteiger partial charge on any atom is -0.379 e. The van der Waals surface area contributed by atoms with E-state index in [2.05, 4.69) is 9.62 Å². The first kappa shape index (κ1) is 16.4. The molecule has 0 radical (unpaired) electrons. The van der Waals surface area contributed by atoms with Gasteiger partial charge in [0.1, 0.15) is 0 Å². The lowest BCUT2D eigenvalue weighted by molar-refractivity contribution is 0.0354. The predicted molar refractivity (Wildman–Crippen MR) is 83.0 cm³/mol. The van der Waals surface area contributed by atoms with Crippen molar-refractivity contribution in [3.8, 4) is 0 Å². The molecule has 1 N–H and O–H groups in total. The van der Waals surface area contributed by atoms with Gasteiger partial charge in [-0.15, -0.1) is 0 Å². The topological polar surface area (TPSA) is 58.6 Å². The smallest absolute Gasteiger partial charge is 0.240 e. The molecule has 5 nitrogen and oxygen atoms in total. The molecule has 1 saturated heterocycles. The fourth-order valence-electron chi connectivity index (χ4n) is 2.42. The third kappa shape index (κ3) is 4.51. The molecule has 1 fully saturated rings. The quantitative estimate of drug-likeness (QED) is 0.890. The van der Waals surface area contributed by atoms with E-state index in [1.54, 1.807) is 12.1 Å². The number of nitrogens with zero attached hydrogens (tertiary/aromatic N) is 1. The Bertz CT molecular complexity index is 581. The third-order valence-corrected chi connectivity index (χ3v) is 5.37. The highest BCUT2D eigenvalue weighted by atomic mass is 32.2. The highest BCUT2D eigenvalue weighted by Crippen LogP contribution is 2.15. The van der Waals surface area contributed by atoms with Gasteiger partial charge in [-0.05, 0) is 44.0 Å². The summed E-state index contributed by atoms with van der Waals surface area (Å²) >= 11 is 0. The Morgan fingerprint density at radius 3 is 2.52 bits per heavy atom. The number of ether oxygens (including phenoxy) is 1. The maximum Gasteiger partial charge on any atom is 0.240 e. The number of aryl methyl sites for hydroxylation is 2. The fraction of sp³-hybridized carbons (Fsp3) is 0.600. The van der Waals surface area contributed by atoms with Crippen LogP contribution in [0.2, 0.25) is 0 Å². The molecule has 1 aromatic carbocycles. The minimum atomic E-state index is -3.46. The molecular weight excluding hydrogens is 288 g/mol. The molecule has 1 aliphatic rings. The first-order valence-electron chi connectivity index (χ1n) is 7.28. The van der Waals surface area contributed by atoms with Gasteiger partial charge in [0.15, 0.2) is 0 Å². The van der Waals surface area contributed by atoms with Crippen LogP contribution in [0.3, 0.4) is 0 Å². The highest BCUT2D eigenvalue weighted by Gasteiger charge is 2.20. The summed E-state index contributed by atoms with van der Waals surface area (Å²) in [6, 6.07) is 5.09. The molecule has 0 saturated carbocycles. The van der Waals surface area contributed by atoms with Crippen LogP contribution in [0.1, 0.15) is 18.1 Å². The van der Waals surface area contributed by atoms with Gasteiger partial charge in [0.2, 0.25) is 10.0 Å². The molecule has 1 heterocycles. The standard InChI is InChI=1S/C15H24N2O3S/c1-12-4-5-15(10-13(12)2)21(18,19)16-14(3)11-17-6-8-20-9-7-17/h4-5,10,14,16H,6-9,11H2,1-3H3. The lowest BCUT2D eigenvalue weighted by Crippen LogP contribution is -2.45. The van der Waals surface area contributed by atoms with E-state index in [1.165, 1.54) is 0 Å². The predicted octanol–water partition coefficient (Wildman–Crippen LogP) is 1.30. The van der Waals surface area contributed by atoms with E-state index in [0.29, 0.717) is 11.4 Å². The van der Waals surface area contributed by atoms with E-state index >= 15 is 0 Å². The highest BCUT2D eigenvalue weighted by molar-refractivity contribution is 7.89. The van der Waals surface area contributed by atoms with Crippen molar-refractivity contribution >= 4 is 10.0 Å². The van der Waals surface area contributed by atoms with Crippen LogP contribution in [-0.2, 0) is 14.8 Å². The number of nitrogens with one attached hydrogen (secondary N) is 1. The van der Waals surface area contributed by atoms with Crippen LogP contribution in [0.15, 0.2) is 23.1 Å². The maximum atomic E-state index is 12.4. The van der Waals surface area contributed by atoms with Gasteiger partial charge in [-0.25, -0.2) is 13.1 Å². The molecule has 1 unspecified atom stereocenters. The first-order valence-corrected chi connectivity index (χ1v) is 8.76. The number of rotatable bonds is 5. The normalized spacial score (nSPS) is 18.6. The third-order valence-electron chi connectivity index (χ3n) is 3.78. The van der Waals surface area contributed by atoms with Crippen molar-refractivity contribution in [2.24, 2.45) is 0 Å². The van der Waals surface area contributed by atoms with Crippen molar-refractivity contribution < 1.29 is 13.2 Å². The summed E-state index contributed by atoms with van der Waals surface area (Å²) in [5.41, 5.74) is 2.08. The van der Waals surface area contributed by atoms with Crippen LogP contribution in [0.25, 0.3) is 0 Å². The van der Waals surface area contributed by atoms with Gasteiger partial charge in [0.25, 0.3) is 0 Å². The second kappa shape index (κ2) is 6.87. The molecular formula is C15H24N2O3S. The summed E-state index contributed by atoms with van der Waals surface area (Å²) < 4.78 is 32.8. The summed E-state index contributed by atoms with van der Waals surface area (Å²) in [5.74, 6) is 0. The fourth-order valence-corrected chi connectivity index (χ4v) is 3.74. The molecule has 1 aromatic rings. The van der Waals surface area contributed by atoms with Crippen LogP contribution >= 0.6 is 0 Å². The van der Waals surface area contributed by atoms with Crippen LogP contribution < -0.4 is 4.72 Å². The largest absolute Gasteiger partial charge is 0.379 e. The van der Waals surface area contributed by atoms with Gasteiger partial charge in [-0.1, -0.05) is 6.07 Å². The molecule has 0 bridgehead atoms. The summed E-state index contributed by atoms with van der Waals surface area (Å²) in [7, 11) is -3.46. The Kier molecular flexibility index (Phi) is 5.37. The lowest BCUT2D eigenvalue weighted by atomic mass is 10.1. The summed E-state index contributed by atoms with van der Waals surface area (Å²) in [6.45, 7) is 9.64. The van der Waals surface area contributed by atoms with E-state index < -0.39 is 10.0 Å². The number of benzene rings is 1. The summed E-state index contributed by atoms with van der Waals surface area (Å²) in [6.07, 6.45) is 0. The van der Waals surface area contributed by atoms with E-state index in [1.807, 2.05) is 26.8 Å². The first-order chi connectivity index (χ1) is 9.88. The Morgan fingerprint density at radius 1 is 1.24 bits per heavy atom. The second-order valence-electron chi connectivity index (χ2n) is 5.68. The number of morpholine rings is 1. The van der Waals surface area contributed by atoms with Crippen LogP contribution in [0, 0.1) is 13.8 Å². The van der Waals surface area contributed by atoms with E-state index in [-0.39, 0.29) is 6.04 Å². The Hall–Kier alpha value is -0.950. The van der Waals surface area contributed by atoms with E-state index in [9.17, 15) is 8.42 Å². The Labute approximate surface area is 127 Å². The second-order valence-corrected chi connectivity index (χ2v) is 7.40. The Morgan fingerprint density at radius 2 is 1.90 bits per heavy atom. The maximum absolute atomic E-state index is 12.4. The molecule has 0 amide bonds. The zero-order valence-electron chi connectivity index (χ0n) is 12.9. The number of sulfonamides is 1. The monoisotopic (exact) mass is 312 g/mol. The minimum absolute atomic E-state index is 0.130. The molecule has 6 heteroatoms. The lowest BCUT2D eigenvalue weighted by Gasteiger charge is -2.29. The zero-order chi connectivity index (χ0) is 15.5. The van der Waals surface area contributed by atoms with Gasteiger partial charge in [0.05, 0.1) is 18.1 Å². The molecule has 21 heavy (non-hydrogen) atoms. The molecule has 0 aromatic heterocycles. The number of hydrogen-bond donors (Lipinski definition) is 1. The average Bonchev–Trinajstić information content (AvgIpc) is 2.42. The molecule has 118 valence electrons. The van der Waals surface area contributed by atoms with Gasteiger partial charge in [-0.3, -0.25) is 4.90 Å². The van der Waals surface area contributed by atoms with Gasteiger partial charge in [-0.2, -0.15) is 0 Å². The van der Waals surface area contributed by atoms with E-state index in [4.69, 9.17) is 4.74 Å². The number of hydrogen-bond acceptors (Lipinski definition) is 4. The SMILES string of the molecule is Cc1ccc(S(=O)(=O)NC(C)CN2CCOCC2)cc1C. The molecule has 0 aliphatic carbocycles. The van der Waals surface area contributed by atoms with Crippen molar-refractivity contribution in [1.82, 2.24) is 9.62 Å². The van der Waals surface area contributed by atoms with Crippen LogP contribution in [0.4, 0.5) is 0 Å². The summed E-state index contributed by atoms with van der Waals surface area (Å²) in [4.78, 5) is 2.55. The van der Waals surface area contributed by atoms with Crippen molar-refractivity contribution in [2.45, 2.75) is 31.7 Å². The van der Waals surface area contributed by atoms with Crippen molar-refractivity contribution in [1.29, 1.82) is 0 Å². The van der Waals surface area contributed by atoms with E-state index in [0.717, 1.165) is 37.4 Å². The van der Waals surface area contributed by atoms with Crippen LogP contribution in [-0.4, -0.2) is 52.2 Å². The zero-order valence-corrected chi connectivity index (χ0v) is 13.7. The Balaban J connectivity index is 2.00. The average molecular weight is 312 g/mol. The van der Waals surface area contributed by atoms with Gasteiger partial charge >= 0.3 is 0 Å². The van der Waals surface area contributed by atoms with Crippen LogP contribution in [0.5, 0.6) is 0 Å². The molecule has 2 rings (SSSR count). The molecule has 0 spiro atoms.